The molecule has 0 radical (unpaired) electrons. The molecule has 0 unspecified atom stereocenters. The maximum Gasteiger partial charge on any atom is 0.326 e. The van der Waals surface area contributed by atoms with E-state index < -0.39 is 35.9 Å². The second kappa shape index (κ2) is 12.7. The van der Waals surface area contributed by atoms with E-state index in [0.717, 1.165) is 28.5 Å². The molecule has 8 N–H and O–H groups in total. The highest BCUT2D eigenvalue weighted by atomic mass is 16.4. The van der Waals surface area contributed by atoms with Crippen LogP contribution in [-0.2, 0) is 27.2 Å². The van der Waals surface area contributed by atoms with Crippen molar-refractivity contribution in [2.45, 2.75) is 50.2 Å². The average Bonchev–Trinajstić information content (AvgIpc) is 3.26. The van der Waals surface area contributed by atoms with E-state index >= 15 is 0 Å². The monoisotopic (exact) mass is 479 g/mol. The Morgan fingerprint density at radius 1 is 0.886 bits per heavy atom. The lowest BCUT2D eigenvalue weighted by Crippen LogP contribution is -2.55. The van der Waals surface area contributed by atoms with Gasteiger partial charge in [0.15, 0.2) is 0 Å². The molecule has 0 saturated heterocycles. The molecule has 0 bridgehead atoms. The Bertz CT molecular complexity index is 1130. The quantitative estimate of drug-likeness (QED) is 0.203. The van der Waals surface area contributed by atoms with E-state index in [4.69, 9.17) is 11.5 Å². The van der Waals surface area contributed by atoms with Gasteiger partial charge in [-0.3, -0.25) is 9.59 Å². The van der Waals surface area contributed by atoms with Crippen LogP contribution in [0.1, 0.15) is 30.4 Å². The Morgan fingerprint density at radius 2 is 1.57 bits per heavy atom. The summed E-state index contributed by atoms with van der Waals surface area (Å²) in [7, 11) is 0. The number of carbonyl (C=O) groups excluding carboxylic acids is 2. The Kier molecular flexibility index (Phi) is 9.39. The number of unbranched alkanes of at least 4 members (excludes halogenated alkanes) is 1. The van der Waals surface area contributed by atoms with Crippen molar-refractivity contribution in [1.82, 2.24) is 15.6 Å². The number of hydrogen-bond acceptors (Lipinski definition) is 5. The number of H-pyrrole nitrogens is 1. The minimum Gasteiger partial charge on any atom is -0.480 e. The predicted molar refractivity (Wildman–Crippen MR) is 135 cm³/mol. The fourth-order valence-corrected chi connectivity index (χ4v) is 3.97. The van der Waals surface area contributed by atoms with Gasteiger partial charge in [-0.2, -0.15) is 0 Å². The number of fused-ring (bicyclic) bond motifs is 1. The van der Waals surface area contributed by atoms with E-state index in [-0.39, 0.29) is 12.8 Å². The topological polar surface area (TPSA) is 163 Å². The summed E-state index contributed by atoms with van der Waals surface area (Å²) in [6, 6.07) is 13.8. The zero-order chi connectivity index (χ0) is 25.2. The molecule has 0 saturated carbocycles. The number of benzene rings is 2. The van der Waals surface area contributed by atoms with E-state index in [1.54, 1.807) is 6.20 Å². The summed E-state index contributed by atoms with van der Waals surface area (Å²) < 4.78 is 0. The zero-order valence-electron chi connectivity index (χ0n) is 19.6. The van der Waals surface area contributed by atoms with Gasteiger partial charge in [0, 0.05) is 29.9 Å². The number of aliphatic carboxylic acids is 1. The summed E-state index contributed by atoms with van der Waals surface area (Å²) >= 11 is 0. The van der Waals surface area contributed by atoms with Crippen LogP contribution in [0.5, 0.6) is 0 Å². The number of amides is 2. The summed E-state index contributed by atoms with van der Waals surface area (Å²) in [5.74, 6) is -2.20. The van der Waals surface area contributed by atoms with Crippen molar-refractivity contribution >= 4 is 28.7 Å². The van der Waals surface area contributed by atoms with Crippen LogP contribution in [0.3, 0.4) is 0 Å². The van der Waals surface area contributed by atoms with E-state index in [2.05, 4.69) is 15.6 Å². The third-order valence-electron chi connectivity index (χ3n) is 5.94. The zero-order valence-corrected chi connectivity index (χ0v) is 19.6. The van der Waals surface area contributed by atoms with Gasteiger partial charge in [-0.15, -0.1) is 0 Å². The number of rotatable bonds is 13. The Morgan fingerprint density at radius 3 is 2.29 bits per heavy atom. The molecule has 3 rings (SSSR count). The third-order valence-corrected chi connectivity index (χ3v) is 5.94. The molecule has 35 heavy (non-hydrogen) atoms. The van der Waals surface area contributed by atoms with E-state index in [0.29, 0.717) is 19.4 Å². The van der Waals surface area contributed by atoms with Crippen LogP contribution in [0.25, 0.3) is 10.9 Å². The number of nitrogens with one attached hydrogen (secondary N) is 3. The van der Waals surface area contributed by atoms with Crippen LogP contribution in [0.15, 0.2) is 60.8 Å². The Hall–Kier alpha value is -3.69. The van der Waals surface area contributed by atoms with Crippen LogP contribution in [0.4, 0.5) is 0 Å². The van der Waals surface area contributed by atoms with Crippen LogP contribution < -0.4 is 22.1 Å². The number of nitrogens with two attached hydrogens (primary N) is 2. The molecular formula is C26H33N5O4. The highest BCUT2D eigenvalue weighted by molar-refractivity contribution is 5.92. The smallest absolute Gasteiger partial charge is 0.326 e. The van der Waals surface area contributed by atoms with E-state index in [1.165, 1.54) is 0 Å². The number of carbonyl (C=O) groups is 3. The molecule has 0 aliphatic rings. The van der Waals surface area contributed by atoms with Gasteiger partial charge in [-0.25, -0.2) is 4.79 Å². The van der Waals surface area contributed by atoms with Crippen LogP contribution in [0, 0.1) is 0 Å². The number of carboxylic acid groups (broad SMARTS) is 1. The van der Waals surface area contributed by atoms with Gasteiger partial charge in [0.2, 0.25) is 11.8 Å². The SMILES string of the molecule is NCCCC[C@H](N)C(=O)N[C@@H](Cc1ccccc1)C(=O)N[C@@H](Cc1c[nH]c2ccccc12)C(=O)O. The van der Waals surface area contributed by atoms with Crippen LogP contribution in [0.2, 0.25) is 0 Å². The molecule has 9 nitrogen and oxygen atoms in total. The first-order valence-electron chi connectivity index (χ1n) is 11.8. The van der Waals surface area contributed by atoms with Gasteiger partial charge < -0.3 is 32.2 Å². The maximum absolute atomic E-state index is 13.2. The molecule has 0 aliphatic heterocycles. The lowest BCUT2D eigenvalue weighted by molar-refractivity contribution is -0.142. The summed E-state index contributed by atoms with van der Waals surface area (Å²) in [6.45, 7) is 0.514. The summed E-state index contributed by atoms with van der Waals surface area (Å²) in [6.07, 6.45) is 3.94. The molecule has 0 fully saturated rings. The van der Waals surface area contributed by atoms with Gasteiger partial charge >= 0.3 is 5.97 Å². The van der Waals surface area contributed by atoms with E-state index in [9.17, 15) is 19.5 Å². The molecule has 3 atom stereocenters. The lowest BCUT2D eigenvalue weighted by Gasteiger charge is -2.23. The van der Waals surface area contributed by atoms with Gasteiger partial charge in [0.05, 0.1) is 6.04 Å². The van der Waals surface area contributed by atoms with Crippen molar-refractivity contribution in [1.29, 1.82) is 0 Å². The first kappa shape index (κ1) is 25.9. The average molecular weight is 480 g/mol. The van der Waals surface area contributed by atoms with Gasteiger partial charge in [-0.1, -0.05) is 55.0 Å². The van der Waals surface area contributed by atoms with Crippen molar-refractivity contribution in [3.8, 4) is 0 Å². The number of carboxylic acids is 1. The molecule has 9 heteroatoms. The first-order valence-corrected chi connectivity index (χ1v) is 11.8. The number of hydrogen-bond donors (Lipinski definition) is 6. The normalized spacial score (nSPS) is 13.7. The second-order valence-corrected chi connectivity index (χ2v) is 8.60. The fraction of sp³-hybridized carbons (Fsp3) is 0.346. The van der Waals surface area contributed by atoms with Crippen molar-refractivity contribution < 1.29 is 19.5 Å². The molecule has 0 aliphatic carbocycles. The number of aromatic nitrogens is 1. The highest BCUT2D eigenvalue weighted by Crippen LogP contribution is 2.19. The Labute approximate surface area is 204 Å². The molecule has 1 heterocycles. The predicted octanol–water partition coefficient (Wildman–Crippen LogP) is 1.46. The largest absolute Gasteiger partial charge is 0.480 e. The molecule has 2 aromatic carbocycles. The molecule has 3 aromatic rings. The summed E-state index contributed by atoms with van der Waals surface area (Å²) in [5.41, 5.74) is 14.0. The molecule has 2 amide bonds. The van der Waals surface area contributed by atoms with Crippen LogP contribution in [-0.4, -0.2) is 52.5 Å². The molecule has 1 aromatic heterocycles. The van der Waals surface area contributed by atoms with Crippen molar-refractivity contribution in [3.63, 3.8) is 0 Å². The van der Waals surface area contributed by atoms with Crippen molar-refractivity contribution in [3.05, 3.63) is 71.9 Å². The summed E-state index contributed by atoms with van der Waals surface area (Å²) in [4.78, 5) is 41.0. The summed E-state index contributed by atoms with van der Waals surface area (Å²) in [5, 5.41) is 16.0. The number of para-hydroxylation sites is 1. The van der Waals surface area contributed by atoms with E-state index in [1.807, 2.05) is 54.6 Å². The molecular weight excluding hydrogens is 446 g/mol. The Balaban J connectivity index is 1.73. The third kappa shape index (κ3) is 7.40. The molecule has 0 spiro atoms. The first-order chi connectivity index (χ1) is 16.9. The minimum atomic E-state index is -1.17. The number of aromatic amines is 1. The molecule has 186 valence electrons. The van der Waals surface area contributed by atoms with Gasteiger partial charge in [-0.05, 0) is 36.6 Å². The maximum atomic E-state index is 13.2. The van der Waals surface area contributed by atoms with Crippen LogP contribution >= 0.6 is 0 Å². The van der Waals surface area contributed by atoms with Gasteiger partial charge in [0.25, 0.3) is 0 Å². The second-order valence-electron chi connectivity index (χ2n) is 8.60. The highest BCUT2D eigenvalue weighted by Gasteiger charge is 2.28. The fourth-order valence-electron chi connectivity index (χ4n) is 3.97. The van der Waals surface area contributed by atoms with Gasteiger partial charge in [0.1, 0.15) is 12.1 Å². The standard InChI is InChI=1S/C26H33N5O4/c27-13-7-6-11-20(28)24(32)30-22(14-17-8-2-1-3-9-17)25(33)31-23(26(34)35)15-18-16-29-21-12-5-4-10-19(18)21/h1-5,8-10,12,16,20,22-23,29H,6-7,11,13-15,27-28H2,(H,30,32)(H,31,33)(H,34,35)/t20-,22-,23-/m0/s1. The lowest BCUT2D eigenvalue weighted by atomic mass is 10.0. The minimum absolute atomic E-state index is 0.0929. The van der Waals surface area contributed by atoms with Crippen molar-refractivity contribution in [2.24, 2.45) is 11.5 Å². The van der Waals surface area contributed by atoms with Crippen molar-refractivity contribution in [2.75, 3.05) is 6.54 Å².